The van der Waals surface area contributed by atoms with Crippen LogP contribution in [0.4, 0.5) is 17.1 Å². The van der Waals surface area contributed by atoms with Gasteiger partial charge < -0.3 is 9.32 Å². The first-order valence-corrected chi connectivity index (χ1v) is 17.1. The zero-order valence-electron chi connectivity index (χ0n) is 27.3. The molecule has 0 unspecified atom stereocenters. The van der Waals surface area contributed by atoms with Crippen molar-refractivity contribution in [3.05, 3.63) is 188 Å². The van der Waals surface area contributed by atoms with Gasteiger partial charge >= 0.3 is 0 Å². The molecule has 0 fully saturated rings. The fraction of sp³-hybridized carbons (Fsp3) is 0. The average molecular weight is 638 g/mol. The lowest BCUT2D eigenvalue weighted by atomic mass is 9.94. The monoisotopic (exact) mass is 637 g/mol. The second-order valence-corrected chi connectivity index (χ2v) is 12.9. The topological polar surface area (TPSA) is 16.4 Å². The predicted molar refractivity (Wildman–Crippen MR) is 212 cm³/mol. The van der Waals surface area contributed by atoms with Crippen LogP contribution in [0.15, 0.2) is 192 Å². The van der Waals surface area contributed by atoms with Crippen molar-refractivity contribution in [3.8, 4) is 22.5 Å². The van der Waals surface area contributed by atoms with E-state index in [1.54, 1.807) is 0 Å². The molecular weight excluding hydrogens is 607 g/mol. The Labute approximate surface area is 290 Å². The van der Waals surface area contributed by atoms with Crippen LogP contribution in [0.1, 0.15) is 0 Å². The van der Waals surface area contributed by atoms with Gasteiger partial charge in [-0.05, 0) is 74.5 Å². The van der Waals surface area contributed by atoms with Crippen molar-refractivity contribution in [1.29, 1.82) is 0 Å². The molecule has 0 N–H and O–H groups in total. The van der Waals surface area contributed by atoms with Gasteiger partial charge in [-0.2, -0.15) is 0 Å². The summed E-state index contributed by atoms with van der Waals surface area (Å²) in [7, 11) is 0. The summed E-state index contributed by atoms with van der Waals surface area (Å²) >= 11 is 0. The van der Waals surface area contributed by atoms with Gasteiger partial charge in [-0.15, -0.1) is 0 Å². The summed E-state index contributed by atoms with van der Waals surface area (Å²) in [5.74, 6) is 0.874. The molecule has 1 heterocycles. The molecule has 1 aromatic heterocycles. The lowest BCUT2D eigenvalue weighted by Crippen LogP contribution is -2.12. The molecule has 0 atom stereocenters. The van der Waals surface area contributed by atoms with Crippen LogP contribution in [0.25, 0.3) is 76.5 Å². The van der Waals surface area contributed by atoms with Gasteiger partial charge in [-0.3, -0.25) is 0 Å². The summed E-state index contributed by atoms with van der Waals surface area (Å²) in [4.78, 5) is 2.48. The minimum absolute atomic E-state index is 0.874. The first-order valence-electron chi connectivity index (χ1n) is 17.1. The largest absolute Gasteiger partial charge is 0.456 e. The molecule has 0 aliphatic rings. The van der Waals surface area contributed by atoms with E-state index in [0.717, 1.165) is 44.9 Å². The maximum absolute atomic E-state index is 6.28. The SMILES string of the molecule is c1cc(-c2cc3ccccc3o2)cc(-c2ccc(N(c3cccc4ccccc34)c3cc4ccccc4c4ccccc34)c3ccccc23)c1. The molecule has 10 rings (SSSR count). The summed E-state index contributed by atoms with van der Waals surface area (Å²) in [6.07, 6.45) is 0. The van der Waals surface area contributed by atoms with Gasteiger partial charge in [0.2, 0.25) is 0 Å². The number of para-hydroxylation sites is 1. The molecule has 9 aromatic carbocycles. The zero-order chi connectivity index (χ0) is 33.0. The van der Waals surface area contributed by atoms with E-state index in [4.69, 9.17) is 4.42 Å². The minimum atomic E-state index is 0.874. The molecule has 0 saturated heterocycles. The highest BCUT2D eigenvalue weighted by atomic mass is 16.3. The van der Waals surface area contributed by atoms with Crippen LogP contribution in [-0.4, -0.2) is 0 Å². The predicted octanol–water partition coefficient (Wildman–Crippen LogP) is 13.8. The molecule has 0 aliphatic heterocycles. The number of benzene rings is 9. The number of anilines is 3. The van der Waals surface area contributed by atoms with E-state index < -0.39 is 0 Å². The van der Waals surface area contributed by atoms with Crippen LogP contribution < -0.4 is 4.90 Å². The lowest BCUT2D eigenvalue weighted by Gasteiger charge is -2.30. The molecule has 234 valence electrons. The van der Waals surface area contributed by atoms with Gasteiger partial charge in [0.05, 0.1) is 17.1 Å². The van der Waals surface area contributed by atoms with Crippen molar-refractivity contribution in [1.82, 2.24) is 0 Å². The van der Waals surface area contributed by atoms with Crippen LogP contribution in [0.2, 0.25) is 0 Å². The Balaban J connectivity index is 1.23. The molecule has 0 bridgehead atoms. The molecule has 0 spiro atoms. The summed E-state index contributed by atoms with van der Waals surface area (Å²) in [5, 5.41) is 10.8. The average Bonchev–Trinajstić information content (AvgIpc) is 3.63. The van der Waals surface area contributed by atoms with E-state index in [-0.39, 0.29) is 0 Å². The Bertz CT molecular complexity index is 2860. The Hall–Kier alpha value is -6.64. The van der Waals surface area contributed by atoms with Crippen molar-refractivity contribution < 1.29 is 4.42 Å². The van der Waals surface area contributed by atoms with E-state index in [9.17, 15) is 0 Å². The molecule has 0 radical (unpaired) electrons. The third-order valence-corrected chi connectivity index (χ3v) is 10.0. The highest BCUT2D eigenvalue weighted by Gasteiger charge is 2.22. The highest BCUT2D eigenvalue weighted by molar-refractivity contribution is 6.17. The van der Waals surface area contributed by atoms with E-state index in [1.165, 1.54) is 48.7 Å². The van der Waals surface area contributed by atoms with E-state index >= 15 is 0 Å². The molecule has 10 aromatic rings. The number of hydrogen-bond acceptors (Lipinski definition) is 2. The number of nitrogens with zero attached hydrogens (tertiary/aromatic N) is 1. The zero-order valence-corrected chi connectivity index (χ0v) is 27.3. The van der Waals surface area contributed by atoms with Gasteiger partial charge in [-0.25, -0.2) is 0 Å². The van der Waals surface area contributed by atoms with Crippen LogP contribution in [-0.2, 0) is 0 Å². The number of hydrogen-bond donors (Lipinski definition) is 0. The first kappa shape index (κ1) is 28.4. The fourth-order valence-corrected chi connectivity index (χ4v) is 7.71. The Morgan fingerprint density at radius 2 is 0.900 bits per heavy atom. The molecule has 0 aliphatic carbocycles. The van der Waals surface area contributed by atoms with Crippen LogP contribution in [0.3, 0.4) is 0 Å². The van der Waals surface area contributed by atoms with E-state index in [1.807, 2.05) is 18.2 Å². The molecule has 50 heavy (non-hydrogen) atoms. The quantitative estimate of drug-likeness (QED) is 0.175. The van der Waals surface area contributed by atoms with Crippen molar-refractivity contribution in [2.75, 3.05) is 4.90 Å². The van der Waals surface area contributed by atoms with Gasteiger partial charge in [0.25, 0.3) is 0 Å². The van der Waals surface area contributed by atoms with Gasteiger partial charge in [0.15, 0.2) is 0 Å². The smallest absolute Gasteiger partial charge is 0.135 e. The molecule has 2 heteroatoms. The van der Waals surface area contributed by atoms with Crippen molar-refractivity contribution in [2.45, 2.75) is 0 Å². The van der Waals surface area contributed by atoms with E-state index in [2.05, 4.69) is 175 Å². The summed E-state index contributed by atoms with van der Waals surface area (Å²) in [5.41, 5.74) is 7.73. The second kappa shape index (κ2) is 11.5. The third kappa shape index (κ3) is 4.57. The van der Waals surface area contributed by atoms with Crippen LogP contribution >= 0.6 is 0 Å². The number of fused-ring (bicyclic) bond motifs is 6. The highest BCUT2D eigenvalue weighted by Crippen LogP contribution is 2.47. The van der Waals surface area contributed by atoms with Crippen molar-refractivity contribution in [2.24, 2.45) is 0 Å². The van der Waals surface area contributed by atoms with Crippen molar-refractivity contribution >= 4 is 71.1 Å². The van der Waals surface area contributed by atoms with Crippen LogP contribution in [0.5, 0.6) is 0 Å². The Kier molecular flexibility index (Phi) is 6.53. The van der Waals surface area contributed by atoms with Gasteiger partial charge in [-0.1, -0.05) is 152 Å². The van der Waals surface area contributed by atoms with Crippen LogP contribution in [0, 0.1) is 0 Å². The second-order valence-electron chi connectivity index (χ2n) is 12.9. The Morgan fingerprint density at radius 1 is 0.320 bits per heavy atom. The molecule has 0 saturated carbocycles. The van der Waals surface area contributed by atoms with E-state index in [0.29, 0.717) is 0 Å². The molecular formula is C48H31NO. The fourth-order valence-electron chi connectivity index (χ4n) is 7.71. The van der Waals surface area contributed by atoms with Gasteiger partial charge in [0.1, 0.15) is 11.3 Å². The normalized spacial score (nSPS) is 11.6. The number of furan rings is 1. The Morgan fingerprint density at radius 3 is 1.72 bits per heavy atom. The molecule has 2 nitrogen and oxygen atoms in total. The third-order valence-electron chi connectivity index (χ3n) is 10.0. The number of rotatable bonds is 5. The minimum Gasteiger partial charge on any atom is -0.456 e. The molecule has 0 amide bonds. The maximum Gasteiger partial charge on any atom is 0.135 e. The van der Waals surface area contributed by atoms with Gasteiger partial charge in [0, 0.05) is 27.1 Å². The first-order chi connectivity index (χ1) is 24.8. The maximum atomic E-state index is 6.28. The lowest BCUT2D eigenvalue weighted by molar-refractivity contribution is 0.631. The summed E-state index contributed by atoms with van der Waals surface area (Å²) < 4.78 is 6.28. The summed E-state index contributed by atoms with van der Waals surface area (Å²) in [6.45, 7) is 0. The standard InChI is InChI=1S/C48H31NO/c1-5-20-39-32(13-1)16-12-25-44(39)49(46-30-34-14-2-4-19-37(34)40-21-7-9-24-43(40)46)45-28-27-38(41-22-6-8-23-42(41)45)33-17-11-18-35(29-33)48-31-36-15-3-10-26-47(36)50-48/h1-31H. The summed E-state index contributed by atoms with van der Waals surface area (Å²) in [6, 6.07) is 67.6. The van der Waals surface area contributed by atoms with Crippen molar-refractivity contribution in [3.63, 3.8) is 0 Å².